The largest absolute Gasteiger partial charge is 0.340 e. The predicted octanol–water partition coefficient (Wildman–Crippen LogP) is 3.57. The second-order valence-electron chi connectivity index (χ2n) is 7.94. The molecular formula is C22H26N4O3S. The van der Waals surface area contributed by atoms with E-state index in [1.807, 2.05) is 38.1 Å². The number of carbonyl (C=O) groups excluding carboxylic acids is 1. The lowest BCUT2D eigenvalue weighted by Gasteiger charge is -2.24. The highest BCUT2D eigenvalue weighted by Crippen LogP contribution is 2.33. The van der Waals surface area contributed by atoms with Gasteiger partial charge in [-0.1, -0.05) is 18.2 Å². The molecule has 7 nitrogen and oxygen atoms in total. The van der Waals surface area contributed by atoms with Crippen LogP contribution in [0.2, 0.25) is 0 Å². The molecule has 2 heterocycles. The summed E-state index contributed by atoms with van der Waals surface area (Å²) >= 11 is 0. The van der Waals surface area contributed by atoms with E-state index in [1.165, 1.54) is 16.4 Å². The number of H-pyrrole nitrogens is 1. The Morgan fingerprint density at radius 1 is 1.20 bits per heavy atom. The first kappa shape index (κ1) is 20.6. The van der Waals surface area contributed by atoms with Crippen LogP contribution in [0, 0.1) is 0 Å². The molecule has 1 unspecified atom stereocenters. The molecule has 1 aliphatic heterocycles. The Morgan fingerprint density at radius 2 is 1.97 bits per heavy atom. The molecule has 2 aromatic carbocycles. The Balaban J connectivity index is 1.64. The van der Waals surface area contributed by atoms with Crippen molar-refractivity contribution in [2.75, 3.05) is 13.6 Å². The Labute approximate surface area is 176 Å². The van der Waals surface area contributed by atoms with Gasteiger partial charge in [-0.05, 0) is 57.0 Å². The van der Waals surface area contributed by atoms with Crippen LogP contribution in [0.3, 0.4) is 0 Å². The topological polar surface area (TPSA) is 86.4 Å². The molecule has 0 spiro atoms. The van der Waals surface area contributed by atoms with Gasteiger partial charge in [0, 0.05) is 25.2 Å². The Morgan fingerprint density at radius 3 is 2.70 bits per heavy atom. The first-order chi connectivity index (χ1) is 14.3. The molecule has 0 bridgehead atoms. The molecule has 0 saturated carbocycles. The molecule has 3 aromatic rings. The summed E-state index contributed by atoms with van der Waals surface area (Å²) in [5.74, 6) is 0.590. The number of para-hydroxylation sites is 2. The second-order valence-corrected chi connectivity index (χ2v) is 9.94. The van der Waals surface area contributed by atoms with Gasteiger partial charge in [0.2, 0.25) is 10.0 Å². The Kier molecular flexibility index (Phi) is 5.38. The van der Waals surface area contributed by atoms with E-state index in [2.05, 4.69) is 9.97 Å². The average molecular weight is 427 g/mol. The van der Waals surface area contributed by atoms with E-state index in [0.29, 0.717) is 12.1 Å². The Bertz CT molecular complexity index is 1150. The van der Waals surface area contributed by atoms with E-state index in [-0.39, 0.29) is 22.9 Å². The quantitative estimate of drug-likeness (QED) is 0.676. The molecule has 1 saturated heterocycles. The molecular weight excluding hydrogens is 400 g/mol. The fraction of sp³-hybridized carbons (Fsp3) is 0.364. The van der Waals surface area contributed by atoms with E-state index in [0.717, 1.165) is 29.7 Å². The third-order valence-electron chi connectivity index (χ3n) is 5.72. The smallest absolute Gasteiger partial charge is 0.254 e. The molecule has 1 N–H and O–H groups in total. The number of aromatic nitrogens is 2. The summed E-state index contributed by atoms with van der Waals surface area (Å²) in [6.07, 6.45) is 1.70. The molecule has 30 heavy (non-hydrogen) atoms. The lowest BCUT2D eigenvalue weighted by molar-refractivity contribution is 0.0730. The number of hydrogen-bond acceptors (Lipinski definition) is 4. The first-order valence-electron chi connectivity index (χ1n) is 10.1. The van der Waals surface area contributed by atoms with Crippen LogP contribution in [0.4, 0.5) is 0 Å². The van der Waals surface area contributed by atoms with Crippen LogP contribution in [0.25, 0.3) is 11.0 Å². The van der Waals surface area contributed by atoms with Crippen LogP contribution < -0.4 is 0 Å². The molecule has 0 radical (unpaired) electrons. The van der Waals surface area contributed by atoms with Gasteiger partial charge in [0.15, 0.2) is 0 Å². The van der Waals surface area contributed by atoms with Gasteiger partial charge in [-0.25, -0.2) is 13.4 Å². The summed E-state index contributed by atoms with van der Waals surface area (Å²) in [5.41, 5.74) is 2.18. The highest BCUT2D eigenvalue weighted by molar-refractivity contribution is 7.89. The van der Waals surface area contributed by atoms with E-state index >= 15 is 0 Å². The number of imidazole rings is 1. The minimum atomic E-state index is -3.66. The molecule has 1 aliphatic rings. The van der Waals surface area contributed by atoms with Gasteiger partial charge in [-0.15, -0.1) is 0 Å². The van der Waals surface area contributed by atoms with Crippen molar-refractivity contribution in [3.05, 3.63) is 59.9 Å². The van der Waals surface area contributed by atoms with Crippen LogP contribution in [0.5, 0.6) is 0 Å². The maximum atomic E-state index is 13.3. The first-order valence-corrected chi connectivity index (χ1v) is 11.6. The third-order valence-corrected chi connectivity index (χ3v) is 7.75. The molecule has 1 amide bonds. The number of nitrogens with zero attached hydrogens (tertiary/aromatic N) is 3. The molecule has 158 valence electrons. The summed E-state index contributed by atoms with van der Waals surface area (Å²) in [7, 11) is -2.11. The summed E-state index contributed by atoms with van der Waals surface area (Å²) in [6.45, 7) is 4.24. The van der Waals surface area contributed by atoms with Crippen LogP contribution in [-0.4, -0.2) is 53.1 Å². The van der Waals surface area contributed by atoms with Gasteiger partial charge in [-0.2, -0.15) is 4.31 Å². The number of rotatable bonds is 5. The Hall–Kier alpha value is -2.71. The summed E-state index contributed by atoms with van der Waals surface area (Å²) in [5, 5.41) is 0. The van der Waals surface area contributed by atoms with Crippen LogP contribution in [0.15, 0.2) is 53.4 Å². The minimum Gasteiger partial charge on any atom is -0.340 e. The zero-order valence-electron chi connectivity index (χ0n) is 17.4. The number of amides is 1. The van der Waals surface area contributed by atoms with Crippen LogP contribution >= 0.6 is 0 Å². The van der Waals surface area contributed by atoms with Crippen molar-refractivity contribution in [3.8, 4) is 0 Å². The number of benzene rings is 2. The van der Waals surface area contributed by atoms with Crippen molar-refractivity contribution < 1.29 is 13.2 Å². The second kappa shape index (κ2) is 7.85. The predicted molar refractivity (Wildman–Crippen MR) is 116 cm³/mol. The average Bonchev–Trinajstić information content (AvgIpc) is 3.39. The maximum absolute atomic E-state index is 13.3. The molecule has 1 aromatic heterocycles. The van der Waals surface area contributed by atoms with Crippen molar-refractivity contribution in [1.82, 2.24) is 19.2 Å². The summed E-state index contributed by atoms with van der Waals surface area (Å²) < 4.78 is 27.0. The monoisotopic (exact) mass is 426 g/mol. The SMILES string of the molecule is CC(C)N(C)S(=O)(=O)c1cccc(C(=O)N2CCCC2c2nc3ccccc3[nH]2)c1. The number of nitrogens with one attached hydrogen (secondary N) is 1. The molecule has 1 fully saturated rings. The highest BCUT2D eigenvalue weighted by atomic mass is 32.2. The van der Waals surface area contributed by atoms with Crippen molar-refractivity contribution in [3.63, 3.8) is 0 Å². The summed E-state index contributed by atoms with van der Waals surface area (Å²) in [6, 6.07) is 13.8. The van der Waals surface area contributed by atoms with Crippen molar-refractivity contribution in [2.24, 2.45) is 0 Å². The number of hydrogen-bond donors (Lipinski definition) is 1. The van der Waals surface area contributed by atoms with E-state index in [1.54, 1.807) is 24.1 Å². The number of aromatic amines is 1. The van der Waals surface area contributed by atoms with Crippen molar-refractivity contribution in [2.45, 2.75) is 43.7 Å². The standard InChI is InChI=1S/C22H26N4O3S/c1-15(2)25(3)30(28,29)17-9-6-8-16(14-17)22(27)26-13-7-12-20(26)21-23-18-10-4-5-11-19(18)24-21/h4-6,8-11,14-15,20H,7,12-13H2,1-3H3,(H,23,24). The van der Waals surface area contributed by atoms with Crippen LogP contribution in [0.1, 0.15) is 48.9 Å². The van der Waals surface area contributed by atoms with Crippen molar-refractivity contribution >= 4 is 27.0 Å². The normalized spacial score (nSPS) is 17.4. The number of fused-ring (bicyclic) bond motifs is 1. The molecule has 4 rings (SSSR count). The van der Waals surface area contributed by atoms with Gasteiger partial charge >= 0.3 is 0 Å². The maximum Gasteiger partial charge on any atom is 0.254 e. The van der Waals surface area contributed by atoms with E-state index in [4.69, 9.17) is 0 Å². The van der Waals surface area contributed by atoms with E-state index < -0.39 is 10.0 Å². The van der Waals surface area contributed by atoms with Crippen LogP contribution in [-0.2, 0) is 10.0 Å². The van der Waals surface area contributed by atoms with Crippen molar-refractivity contribution in [1.29, 1.82) is 0 Å². The van der Waals surface area contributed by atoms with E-state index in [9.17, 15) is 13.2 Å². The zero-order valence-corrected chi connectivity index (χ0v) is 18.2. The minimum absolute atomic E-state index is 0.129. The molecule has 1 atom stereocenters. The molecule has 8 heteroatoms. The van der Waals surface area contributed by atoms with Gasteiger partial charge < -0.3 is 9.88 Å². The van der Waals surface area contributed by atoms with Gasteiger partial charge in [0.1, 0.15) is 5.82 Å². The number of likely N-dealkylation sites (tertiary alicyclic amines) is 1. The lowest BCUT2D eigenvalue weighted by atomic mass is 10.1. The zero-order chi connectivity index (χ0) is 21.5. The lowest BCUT2D eigenvalue weighted by Crippen LogP contribution is -2.34. The van der Waals surface area contributed by atoms with Gasteiger partial charge in [0.05, 0.1) is 22.0 Å². The fourth-order valence-corrected chi connectivity index (χ4v) is 5.24. The third kappa shape index (κ3) is 3.61. The molecule has 0 aliphatic carbocycles. The number of carbonyl (C=O) groups is 1. The van der Waals surface area contributed by atoms with Gasteiger partial charge in [0.25, 0.3) is 5.91 Å². The fourth-order valence-electron chi connectivity index (χ4n) is 3.82. The van der Waals surface area contributed by atoms with Gasteiger partial charge in [-0.3, -0.25) is 4.79 Å². The summed E-state index contributed by atoms with van der Waals surface area (Å²) in [4.78, 5) is 23.2. The number of sulfonamides is 1. The highest BCUT2D eigenvalue weighted by Gasteiger charge is 2.33.